The summed E-state index contributed by atoms with van der Waals surface area (Å²) in [5, 5.41) is 0.510. The predicted octanol–water partition coefficient (Wildman–Crippen LogP) is 7.83. The van der Waals surface area contributed by atoms with Crippen LogP contribution in [0.1, 0.15) is 45.2 Å². The molecule has 6 heteroatoms. The molecular weight excluding hydrogens is 442 g/mol. The third kappa shape index (κ3) is 10.2. The molecule has 0 aliphatic carbocycles. The summed E-state index contributed by atoms with van der Waals surface area (Å²) in [6.07, 6.45) is 9.57. The number of ether oxygens (including phenoxy) is 1. The van der Waals surface area contributed by atoms with Crippen molar-refractivity contribution in [1.29, 1.82) is 0 Å². The molecule has 0 bridgehead atoms. The number of allylic oxidation sites excluding steroid dienone is 9. The second kappa shape index (κ2) is 13.8. The minimum Gasteiger partial charge on any atom is -0.492 e. The van der Waals surface area contributed by atoms with Crippen LogP contribution in [0.25, 0.3) is 5.57 Å². The molecule has 0 amide bonds. The molecule has 2 nitrogen and oxygen atoms in total. The molecule has 0 radical (unpaired) electrons. The highest BCUT2D eigenvalue weighted by atomic mass is 31.0. The number of aliphatic imine (C=N–C) groups is 1. The third-order valence-electron chi connectivity index (χ3n) is 4.66. The molecular formula is C27H33F3NOP. The van der Waals surface area contributed by atoms with Crippen molar-refractivity contribution in [3.63, 3.8) is 0 Å². The van der Waals surface area contributed by atoms with Gasteiger partial charge in [0.15, 0.2) is 0 Å². The van der Waals surface area contributed by atoms with Gasteiger partial charge < -0.3 is 4.74 Å². The number of alkyl halides is 3. The normalized spacial score (nSPS) is 17.0. The van der Waals surface area contributed by atoms with E-state index in [0.29, 0.717) is 23.4 Å². The zero-order valence-electron chi connectivity index (χ0n) is 19.7. The number of benzene rings is 1. The average molecular weight is 476 g/mol. The van der Waals surface area contributed by atoms with Crippen molar-refractivity contribution < 1.29 is 17.9 Å². The molecule has 0 saturated carbocycles. The van der Waals surface area contributed by atoms with E-state index in [9.17, 15) is 13.2 Å². The zero-order chi connectivity index (χ0) is 25.0. The van der Waals surface area contributed by atoms with Crippen molar-refractivity contribution in [1.82, 2.24) is 0 Å². The average Bonchev–Trinajstić information content (AvgIpc) is 2.74. The summed E-state index contributed by atoms with van der Waals surface area (Å²) in [6.45, 7) is 15.6. The Hall–Kier alpha value is -2.65. The number of rotatable bonds is 7. The van der Waals surface area contributed by atoms with Crippen LogP contribution in [0, 0.1) is 5.92 Å². The van der Waals surface area contributed by atoms with Crippen molar-refractivity contribution in [3.8, 4) is 0 Å². The lowest BCUT2D eigenvalue weighted by Gasteiger charge is -2.14. The number of hydrogen-bond acceptors (Lipinski definition) is 2. The molecule has 1 aromatic carbocycles. The Kier molecular flexibility index (Phi) is 11.9. The first-order chi connectivity index (χ1) is 15.5. The maximum absolute atomic E-state index is 12.8. The Morgan fingerprint density at radius 1 is 1.27 bits per heavy atom. The molecule has 2 unspecified atom stereocenters. The highest BCUT2D eigenvalue weighted by molar-refractivity contribution is 7.27. The van der Waals surface area contributed by atoms with E-state index in [1.54, 1.807) is 25.1 Å². The Morgan fingerprint density at radius 2 is 1.97 bits per heavy atom. The second-order valence-electron chi connectivity index (χ2n) is 7.62. The fourth-order valence-electron chi connectivity index (χ4n) is 3.08. The quantitative estimate of drug-likeness (QED) is 0.224. The summed E-state index contributed by atoms with van der Waals surface area (Å²) >= 11 is 0. The van der Waals surface area contributed by atoms with Crippen molar-refractivity contribution in [2.45, 2.75) is 40.3 Å². The van der Waals surface area contributed by atoms with Crippen LogP contribution in [-0.4, -0.2) is 12.8 Å². The molecule has 1 heterocycles. The molecule has 1 aliphatic heterocycles. The van der Waals surface area contributed by atoms with Gasteiger partial charge in [0.25, 0.3) is 0 Å². The van der Waals surface area contributed by atoms with E-state index in [2.05, 4.69) is 40.4 Å². The van der Waals surface area contributed by atoms with Crippen molar-refractivity contribution >= 4 is 26.3 Å². The minimum absolute atomic E-state index is 0.163. The summed E-state index contributed by atoms with van der Waals surface area (Å²) in [5.74, 6) is 1.47. The van der Waals surface area contributed by atoms with E-state index < -0.39 is 11.7 Å². The van der Waals surface area contributed by atoms with Gasteiger partial charge in [-0.25, -0.2) is 0 Å². The van der Waals surface area contributed by atoms with Crippen molar-refractivity contribution in [2.24, 2.45) is 10.9 Å². The Balaban J connectivity index is 0.000000331. The molecule has 0 saturated heterocycles. The molecule has 178 valence electrons. The fourth-order valence-corrected chi connectivity index (χ4v) is 3.34. The molecule has 0 spiro atoms. The summed E-state index contributed by atoms with van der Waals surface area (Å²) < 4.78 is 44.0. The SMILES string of the molecule is C=C/C(=C\C)c1ccc(P)cc1C(F)(F)F.C=C/C=C(C)\C=C(/C)OCC1=CC(C)CC=N1. The molecule has 1 aliphatic rings. The van der Waals surface area contributed by atoms with E-state index in [1.165, 1.54) is 12.1 Å². The van der Waals surface area contributed by atoms with Crippen LogP contribution in [-0.2, 0) is 10.9 Å². The van der Waals surface area contributed by atoms with Gasteiger partial charge in [0, 0.05) is 6.21 Å². The highest BCUT2D eigenvalue weighted by Gasteiger charge is 2.33. The van der Waals surface area contributed by atoms with E-state index >= 15 is 0 Å². The fraction of sp³-hybridized carbons (Fsp3) is 0.296. The zero-order valence-corrected chi connectivity index (χ0v) is 20.9. The van der Waals surface area contributed by atoms with E-state index in [4.69, 9.17) is 4.74 Å². The van der Waals surface area contributed by atoms with Gasteiger partial charge in [-0.2, -0.15) is 13.2 Å². The maximum atomic E-state index is 12.8. The van der Waals surface area contributed by atoms with Crippen LogP contribution < -0.4 is 5.30 Å². The molecule has 1 aromatic rings. The first-order valence-corrected chi connectivity index (χ1v) is 11.2. The van der Waals surface area contributed by atoms with Gasteiger partial charge in [0.2, 0.25) is 0 Å². The largest absolute Gasteiger partial charge is 0.492 e. The van der Waals surface area contributed by atoms with Gasteiger partial charge in [0.05, 0.1) is 17.0 Å². The summed E-state index contributed by atoms with van der Waals surface area (Å²) in [5.41, 5.74) is 2.16. The van der Waals surface area contributed by atoms with Gasteiger partial charge >= 0.3 is 6.18 Å². The molecule has 0 N–H and O–H groups in total. The van der Waals surface area contributed by atoms with Gasteiger partial charge in [-0.3, -0.25) is 4.99 Å². The lowest BCUT2D eigenvalue weighted by Crippen LogP contribution is -2.11. The van der Waals surface area contributed by atoms with Gasteiger partial charge in [-0.05, 0) is 67.3 Å². The molecule has 2 rings (SSSR count). The number of nitrogens with zero attached hydrogens (tertiary/aromatic N) is 1. The van der Waals surface area contributed by atoms with Crippen LogP contribution in [0.4, 0.5) is 13.2 Å². The van der Waals surface area contributed by atoms with E-state index in [0.717, 1.165) is 29.5 Å². The Labute approximate surface area is 198 Å². The Morgan fingerprint density at radius 3 is 2.52 bits per heavy atom. The van der Waals surface area contributed by atoms with Crippen LogP contribution in [0.5, 0.6) is 0 Å². The molecule has 33 heavy (non-hydrogen) atoms. The first-order valence-electron chi connectivity index (χ1n) is 10.6. The standard InChI is InChI=1S/C15H21NO.C12H12F3P/c1-5-6-12(2)9-14(4)17-11-15-10-13(3)7-8-16-15;1-3-8(4-2)10-6-5-9(16)7-11(10)12(13,14)15/h5-6,8-10,13H,1,7,11H2,2-4H3;3-7H,1,16H2,2H3/b12-6-,14-9+;8-4+. The molecule has 0 fully saturated rings. The van der Waals surface area contributed by atoms with Gasteiger partial charge in [-0.1, -0.05) is 62.6 Å². The smallest absolute Gasteiger partial charge is 0.417 e. The maximum Gasteiger partial charge on any atom is 0.417 e. The predicted molar refractivity (Wildman–Crippen MR) is 139 cm³/mol. The summed E-state index contributed by atoms with van der Waals surface area (Å²) in [6, 6.07) is 4.21. The highest BCUT2D eigenvalue weighted by Crippen LogP contribution is 2.35. The third-order valence-corrected chi connectivity index (χ3v) is 5.02. The van der Waals surface area contributed by atoms with Crippen molar-refractivity contribution in [2.75, 3.05) is 6.61 Å². The van der Waals surface area contributed by atoms with E-state index in [1.807, 2.05) is 32.2 Å². The number of hydrogen-bond donors (Lipinski definition) is 0. The van der Waals surface area contributed by atoms with E-state index in [-0.39, 0.29) is 5.56 Å². The minimum atomic E-state index is -4.35. The molecule has 0 aromatic heterocycles. The van der Waals surface area contributed by atoms with Gasteiger partial charge in [-0.15, -0.1) is 9.24 Å². The monoisotopic (exact) mass is 475 g/mol. The van der Waals surface area contributed by atoms with Gasteiger partial charge in [0.1, 0.15) is 6.61 Å². The summed E-state index contributed by atoms with van der Waals surface area (Å²) in [4.78, 5) is 4.32. The first kappa shape index (κ1) is 28.4. The Bertz CT molecular complexity index is 982. The van der Waals surface area contributed by atoms with Crippen LogP contribution in [0.2, 0.25) is 0 Å². The van der Waals surface area contributed by atoms with Crippen molar-refractivity contribution in [3.05, 3.63) is 96.0 Å². The molecule has 2 atom stereocenters. The lowest BCUT2D eigenvalue weighted by atomic mass is 9.99. The van der Waals surface area contributed by atoms with Crippen LogP contribution in [0.15, 0.2) is 89.8 Å². The summed E-state index contributed by atoms with van der Waals surface area (Å²) in [7, 11) is 2.26. The van der Waals surface area contributed by atoms with Crippen LogP contribution in [0.3, 0.4) is 0 Å². The lowest BCUT2D eigenvalue weighted by molar-refractivity contribution is -0.137. The number of halogens is 3. The second-order valence-corrected chi connectivity index (χ2v) is 8.29. The topological polar surface area (TPSA) is 21.6 Å². The van der Waals surface area contributed by atoms with Crippen LogP contribution >= 0.6 is 9.24 Å².